The minimum atomic E-state index is -0.795. The first-order valence-electron chi connectivity index (χ1n) is 15.5. The molecule has 8 atom stereocenters. The van der Waals surface area contributed by atoms with E-state index in [-0.39, 0.29) is 17.7 Å². The second-order valence-electron chi connectivity index (χ2n) is 13.0. The predicted molar refractivity (Wildman–Crippen MR) is 148 cm³/mol. The number of piperidine rings is 1. The van der Waals surface area contributed by atoms with E-state index < -0.39 is 24.0 Å². The van der Waals surface area contributed by atoms with E-state index in [1.54, 1.807) is 4.68 Å². The number of hydrogen-bond donors (Lipinski definition) is 0. The summed E-state index contributed by atoms with van der Waals surface area (Å²) in [6, 6.07) is 7.61. The van der Waals surface area contributed by atoms with Crippen molar-refractivity contribution in [2.45, 2.75) is 96.1 Å². The zero-order chi connectivity index (χ0) is 28.2. The maximum Gasteiger partial charge on any atom is 0.253 e. The lowest BCUT2D eigenvalue weighted by Gasteiger charge is -2.60. The number of fused-ring (bicyclic) bond motifs is 2. The van der Waals surface area contributed by atoms with Gasteiger partial charge < -0.3 is 19.1 Å². The molecule has 1 saturated carbocycles. The molecule has 6 fully saturated rings. The van der Waals surface area contributed by atoms with Crippen molar-refractivity contribution in [3.63, 3.8) is 0 Å². The van der Waals surface area contributed by atoms with Crippen LogP contribution in [0.2, 0.25) is 0 Å². The van der Waals surface area contributed by atoms with Crippen LogP contribution in [0.15, 0.2) is 30.5 Å². The van der Waals surface area contributed by atoms with Gasteiger partial charge in [0.2, 0.25) is 5.79 Å². The summed E-state index contributed by atoms with van der Waals surface area (Å²) in [4.78, 5) is 27.1. The monoisotopic (exact) mass is 566 g/mol. The molecule has 0 unspecified atom stereocenters. The number of aromatic nitrogens is 3. The Kier molecular flexibility index (Phi) is 7.18. The van der Waals surface area contributed by atoms with E-state index in [4.69, 9.17) is 24.0 Å². The smallest absolute Gasteiger partial charge is 0.253 e. The Morgan fingerprint density at radius 3 is 2.80 bits per heavy atom. The van der Waals surface area contributed by atoms with Crippen molar-refractivity contribution < 1.29 is 28.8 Å². The number of likely N-dealkylation sites (tertiary alicyclic amines) is 1. The van der Waals surface area contributed by atoms with Gasteiger partial charge in [0.1, 0.15) is 0 Å². The summed E-state index contributed by atoms with van der Waals surface area (Å²) in [6.07, 6.45) is 8.93. The van der Waals surface area contributed by atoms with Crippen molar-refractivity contribution in [3.05, 3.63) is 41.7 Å². The Balaban J connectivity index is 1.00. The van der Waals surface area contributed by atoms with Crippen LogP contribution in [0.1, 0.15) is 81.8 Å². The molecule has 41 heavy (non-hydrogen) atoms. The van der Waals surface area contributed by atoms with Crippen molar-refractivity contribution in [2.24, 2.45) is 23.7 Å². The van der Waals surface area contributed by atoms with Gasteiger partial charge >= 0.3 is 0 Å². The molecule has 1 amide bonds. The fraction of sp³-hybridized carbons (Fsp3) is 0.710. The zero-order valence-electron chi connectivity index (χ0n) is 24.4. The average molecular weight is 567 g/mol. The second kappa shape index (κ2) is 10.7. The van der Waals surface area contributed by atoms with Crippen molar-refractivity contribution in [3.8, 4) is 5.69 Å². The minimum Gasteiger partial charge on any atom is -0.352 e. The molecule has 2 bridgehead atoms. The fourth-order valence-electron chi connectivity index (χ4n) is 7.94. The summed E-state index contributed by atoms with van der Waals surface area (Å²) in [5.41, 5.74) is 1.74. The summed E-state index contributed by atoms with van der Waals surface area (Å²) < 4.78 is 21.0. The van der Waals surface area contributed by atoms with Crippen LogP contribution in [0.5, 0.6) is 0 Å². The summed E-state index contributed by atoms with van der Waals surface area (Å²) in [5, 5.41) is 8.70. The number of hydrogen-bond acceptors (Lipinski definition) is 8. The van der Waals surface area contributed by atoms with Gasteiger partial charge in [-0.15, -0.1) is 5.10 Å². The number of rotatable bonds is 6. The molecular weight excluding hydrogens is 524 g/mol. The third-order valence-electron chi connectivity index (χ3n) is 10.3. The number of nitrogens with zero attached hydrogens (tertiary/aromatic N) is 4. The van der Waals surface area contributed by atoms with Gasteiger partial charge in [-0.25, -0.2) is 14.5 Å². The summed E-state index contributed by atoms with van der Waals surface area (Å²) >= 11 is 0. The normalized spacial score (nSPS) is 38.4. The average Bonchev–Trinajstić information content (AvgIpc) is 3.35. The van der Waals surface area contributed by atoms with Crippen LogP contribution < -0.4 is 0 Å². The molecule has 0 N–H and O–H groups in total. The number of amides is 1. The summed E-state index contributed by atoms with van der Waals surface area (Å²) in [7, 11) is 0. The Bertz CT molecular complexity index is 1260. The highest BCUT2D eigenvalue weighted by atomic mass is 17.3. The molecule has 6 heterocycles. The molecule has 0 radical (unpaired) electrons. The SMILES string of the molecule is C[C@H]1[C@@H](OCCc2cn(-c3cccc(C(=O)N4CCCCC4)c3)nn2)O[C@@H]2O[C@@]3(C)CC[C@H]4[C@H](C)CC[C@@H]1[C@@]24OO3. The van der Waals surface area contributed by atoms with E-state index >= 15 is 0 Å². The topological polar surface area (TPSA) is 97.2 Å². The van der Waals surface area contributed by atoms with Crippen molar-refractivity contribution in [1.29, 1.82) is 0 Å². The van der Waals surface area contributed by atoms with E-state index in [0.717, 1.165) is 63.0 Å². The van der Waals surface area contributed by atoms with Crippen LogP contribution in [0.3, 0.4) is 0 Å². The molecule has 1 aromatic heterocycles. The first-order chi connectivity index (χ1) is 19.9. The lowest BCUT2D eigenvalue weighted by molar-refractivity contribution is -0.577. The molecule has 5 saturated heterocycles. The van der Waals surface area contributed by atoms with E-state index in [1.165, 1.54) is 6.42 Å². The molecule has 10 heteroatoms. The molecule has 1 aliphatic carbocycles. The van der Waals surface area contributed by atoms with Crippen molar-refractivity contribution >= 4 is 5.91 Å². The Morgan fingerprint density at radius 2 is 1.95 bits per heavy atom. The highest BCUT2D eigenvalue weighted by molar-refractivity contribution is 5.94. The van der Waals surface area contributed by atoms with Crippen LogP contribution in [0.25, 0.3) is 5.69 Å². The standard InChI is InChI=1S/C31H42N4O6/c1-20-10-11-26-21(2)28(38-29-31(26)25(20)12-14-30(3,39-29)40-41-31)37-17-13-23-19-35(33-32-23)24-9-7-8-22(18-24)27(36)34-15-5-4-6-16-34/h7-9,18-21,25-26,28-29H,4-6,10-17H2,1-3H3/t20-,21-,25+,26+,28+,29-,30-,31-/m1/s1. The van der Waals surface area contributed by atoms with Crippen LogP contribution in [-0.4, -0.2) is 69.5 Å². The molecule has 6 aliphatic rings. The van der Waals surface area contributed by atoms with E-state index in [1.807, 2.05) is 42.3 Å². The quantitative estimate of drug-likeness (QED) is 0.466. The first-order valence-corrected chi connectivity index (χ1v) is 15.5. The minimum absolute atomic E-state index is 0.0826. The van der Waals surface area contributed by atoms with Gasteiger partial charge in [-0.2, -0.15) is 0 Å². The number of ether oxygens (including phenoxy) is 3. The van der Waals surface area contributed by atoms with Crippen molar-refractivity contribution in [1.82, 2.24) is 19.9 Å². The van der Waals surface area contributed by atoms with E-state index in [0.29, 0.717) is 30.4 Å². The number of benzene rings is 1. The maximum absolute atomic E-state index is 13.0. The molecule has 8 rings (SSSR count). The number of carbonyl (C=O) groups is 1. The third kappa shape index (κ3) is 4.81. The Morgan fingerprint density at radius 1 is 1.10 bits per heavy atom. The molecule has 10 nitrogen and oxygen atoms in total. The van der Waals surface area contributed by atoms with E-state index in [2.05, 4.69) is 24.2 Å². The van der Waals surface area contributed by atoms with Crippen LogP contribution in [0.4, 0.5) is 0 Å². The third-order valence-corrected chi connectivity index (χ3v) is 10.3. The van der Waals surface area contributed by atoms with Crippen molar-refractivity contribution in [2.75, 3.05) is 19.7 Å². The largest absolute Gasteiger partial charge is 0.352 e. The van der Waals surface area contributed by atoms with Gasteiger partial charge in [-0.3, -0.25) is 4.79 Å². The first kappa shape index (κ1) is 27.5. The summed E-state index contributed by atoms with van der Waals surface area (Å²) in [6.45, 7) is 8.56. The van der Waals surface area contributed by atoms with E-state index in [9.17, 15) is 4.79 Å². The molecule has 1 spiro atoms. The maximum atomic E-state index is 13.0. The zero-order valence-corrected chi connectivity index (χ0v) is 24.4. The van der Waals surface area contributed by atoms with Gasteiger partial charge in [0.25, 0.3) is 5.91 Å². The molecule has 222 valence electrons. The Labute approximate surface area is 241 Å². The highest BCUT2D eigenvalue weighted by Gasteiger charge is 2.69. The lowest BCUT2D eigenvalue weighted by atomic mass is 9.58. The Hall–Kier alpha value is -2.37. The van der Waals surface area contributed by atoms with Crippen LogP contribution >= 0.6 is 0 Å². The summed E-state index contributed by atoms with van der Waals surface area (Å²) in [5.74, 6) is 0.516. The fourth-order valence-corrected chi connectivity index (χ4v) is 7.94. The van der Waals surface area contributed by atoms with Gasteiger partial charge in [0.05, 0.1) is 24.2 Å². The highest BCUT2D eigenvalue weighted by Crippen LogP contribution is 2.60. The predicted octanol–water partition coefficient (Wildman–Crippen LogP) is 4.66. The van der Waals surface area contributed by atoms with Gasteiger partial charge in [-0.05, 0) is 75.5 Å². The molecule has 5 aliphatic heterocycles. The number of carbonyl (C=O) groups excluding carboxylic acids is 1. The molecule has 2 aromatic rings. The van der Waals surface area contributed by atoms with Gasteiger partial charge in [0, 0.05) is 43.3 Å². The lowest BCUT2D eigenvalue weighted by Crippen LogP contribution is -2.70. The molecule has 1 aromatic carbocycles. The second-order valence-corrected chi connectivity index (χ2v) is 13.0. The van der Waals surface area contributed by atoms with Gasteiger partial charge in [-0.1, -0.05) is 25.1 Å². The molecular formula is C31H42N4O6. The van der Waals surface area contributed by atoms with Crippen LogP contribution in [0, 0.1) is 23.7 Å². The van der Waals surface area contributed by atoms with Crippen LogP contribution in [-0.2, 0) is 30.4 Å². The van der Waals surface area contributed by atoms with Gasteiger partial charge in [0.15, 0.2) is 18.2 Å².